The first kappa shape index (κ1) is 22.7. The fourth-order valence-corrected chi connectivity index (χ4v) is 4.35. The minimum absolute atomic E-state index is 0.0748. The third kappa shape index (κ3) is 4.27. The molecule has 3 atom stereocenters. The number of aromatic hydroxyl groups is 1. The van der Waals surface area contributed by atoms with Gasteiger partial charge < -0.3 is 5.11 Å². The second-order valence-corrected chi connectivity index (χ2v) is 8.91. The molecular weight excluding hydrogens is 423 g/mol. The number of alkyl halides is 1. The Labute approximate surface area is 191 Å². The van der Waals surface area contributed by atoms with Gasteiger partial charge in [0.15, 0.2) is 11.6 Å². The molecule has 9 heteroatoms. The second kappa shape index (κ2) is 8.80. The van der Waals surface area contributed by atoms with E-state index in [1.54, 1.807) is 19.2 Å². The SMILES string of the molecule is C=C(c1ncc(-c2ccc(-c3ncn(C)c(=O)n3)cc2O)nn1)[C@@H]1CCC[C@](C)(CC)[C@@H]1F. The highest BCUT2D eigenvalue weighted by molar-refractivity contribution is 5.71. The molecule has 0 unspecified atom stereocenters. The zero-order chi connectivity index (χ0) is 23.8. The molecular formula is C24H27FN6O2. The van der Waals surface area contributed by atoms with Crippen LogP contribution in [0.4, 0.5) is 4.39 Å². The third-order valence-electron chi connectivity index (χ3n) is 6.77. The van der Waals surface area contributed by atoms with Crippen molar-refractivity contribution in [2.24, 2.45) is 18.4 Å². The molecule has 8 nitrogen and oxygen atoms in total. The van der Waals surface area contributed by atoms with E-state index in [4.69, 9.17) is 0 Å². The molecule has 0 bridgehead atoms. The summed E-state index contributed by atoms with van der Waals surface area (Å²) >= 11 is 0. The van der Waals surface area contributed by atoms with E-state index >= 15 is 4.39 Å². The number of aromatic nitrogens is 6. The molecule has 1 fully saturated rings. The van der Waals surface area contributed by atoms with Gasteiger partial charge in [0.1, 0.15) is 23.9 Å². The van der Waals surface area contributed by atoms with Crippen molar-refractivity contribution in [1.29, 1.82) is 0 Å². The summed E-state index contributed by atoms with van der Waals surface area (Å²) in [5.74, 6) is 0.122. The van der Waals surface area contributed by atoms with Crippen LogP contribution in [0.1, 0.15) is 45.4 Å². The van der Waals surface area contributed by atoms with Crippen molar-refractivity contribution in [1.82, 2.24) is 29.7 Å². The summed E-state index contributed by atoms with van der Waals surface area (Å²) in [5.41, 5.74) is 1.02. The molecule has 1 N–H and O–H groups in total. The van der Waals surface area contributed by atoms with E-state index in [0.29, 0.717) is 34.6 Å². The maximum Gasteiger partial charge on any atom is 0.350 e. The number of rotatable bonds is 5. The Hall–Kier alpha value is -3.49. The molecule has 0 radical (unpaired) electrons. The Balaban J connectivity index is 1.56. The molecule has 4 rings (SSSR count). The molecule has 1 aliphatic carbocycles. The number of phenolic OH excluding ortho intramolecular Hbond substituents is 1. The third-order valence-corrected chi connectivity index (χ3v) is 6.77. The average Bonchev–Trinajstić information content (AvgIpc) is 2.82. The van der Waals surface area contributed by atoms with Gasteiger partial charge in [-0.25, -0.2) is 19.2 Å². The van der Waals surface area contributed by atoms with E-state index in [-0.39, 0.29) is 22.9 Å². The molecule has 2 aromatic heterocycles. The van der Waals surface area contributed by atoms with Crippen LogP contribution in [0.3, 0.4) is 0 Å². The average molecular weight is 451 g/mol. The van der Waals surface area contributed by atoms with Crippen molar-refractivity contribution >= 4 is 5.57 Å². The highest BCUT2D eigenvalue weighted by atomic mass is 19.1. The van der Waals surface area contributed by atoms with Crippen LogP contribution in [0.2, 0.25) is 0 Å². The number of phenols is 1. The Kier molecular flexibility index (Phi) is 6.05. The van der Waals surface area contributed by atoms with Crippen molar-refractivity contribution in [2.45, 2.75) is 45.7 Å². The maximum absolute atomic E-state index is 15.3. The number of halogens is 1. The quantitative estimate of drug-likeness (QED) is 0.627. The number of hydrogen-bond donors (Lipinski definition) is 1. The van der Waals surface area contributed by atoms with Crippen molar-refractivity contribution in [3.63, 3.8) is 0 Å². The lowest BCUT2D eigenvalue weighted by Crippen LogP contribution is -2.39. The zero-order valence-corrected chi connectivity index (χ0v) is 19.0. The Bertz CT molecular complexity index is 1240. The fourth-order valence-electron chi connectivity index (χ4n) is 4.35. The minimum atomic E-state index is -0.999. The monoisotopic (exact) mass is 450 g/mol. The molecule has 2 heterocycles. The van der Waals surface area contributed by atoms with Crippen LogP contribution in [-0.2, 0) is 7.05 Å². The van der Waals surface area contributed by atoms with Crippen molar-refractivity contribution in [3.05, 3.63) is 53.6 Å². The van der Waals surface area contributed by atoms with Crippen molar-refractivity contribution in [2.75, 3.05) is 0 Å². The number of allylic oxidation sites excluding steroid dienone is 1. The zero-order valence-electron chi connectivity index (χ0n) is 19.0. The Morgan fingerprint density at radius 2 is 2.12 bits per heavy atom. The fraction of sp³-hybridized carbons (Fsp3) is 0.417. The van der Waals surface area contributed by atoms with E-state index in [1.807, 2.05) is 13.8 Å². The molecule has 0 spiro atoms. The second-order valence-electron chi connectivity index (χ2n) is 8.91. The molecule has 3 aromatic rings. The van der Waals surface area contributed by atoms with Crippen LogP contribution in [0, 0.1) is 11.3 Å². The molecule has 1 saturated carbocycles. The first-order valence-electron chi connectivity index (χ1n) is 11.0. The number of aryl methyl sites for hydroxylation is 1. The lowest BCUT2D eigenvalue weighted by Gasteiger charge is -2.41. The molecule has 33 heavy (non-hydrogen) atoms. The molecule has 172 valence electrons. The lowest BCUT2D eigenvalue weighted by molar-refractivity contribution is 0.0409. The number of hydrogen-bond acceptors (Lipinski definition) is 7. The van der Waals surface area contributed by atoms with Gasteiger partial charge >= 0.3 is 5.69 Å². The summed E-state index contributed by atoms with van der Waals surface area (Å²) in [4.78, 5) is 24.1. The van der Waals surface area contributed by atoms with Crippen LogP contribution < -0.4 is 5.69 Å². The lowest BCUT2D eigenvalue weighted by atomic mass is 9.66. The summed E-state index contributed by atoms with van der Waals surface area (Å²) in [6, 6.07) is 4.77. The predicted octanol–water partition coefficient (Wildman–Crippen LogP) is 3.97. The minimum Gasteiger partial charge on any atom is -0.507 e. The van der Waals surface area contributed by atoms with Crippen LogP contribution in [0.25, 0.3) is 28.2 Å². The van der Waals surface area contributed by atoms with E-state index in [2.05, 4.69) is 31.7 Å². The summed E-state index contributed by atoms with van der Waals surface area (Å²) in [6.07, 6.45) is 5.16. The van der Waals surface area contributed by atoms with Crippen LogP contribution in [0.5, 0.6) is 5.75 Å². The summed E-state index contributed by atoms with van der Waals surface area (Å²) in [6.45, 7) is 8.09. The first-order chi connectivity index (χ1) is 15.7. The standard InChI is InChI=1S/C24H27FN6O2/c1-5-24(3)10-6-7-16(20(24)25)14(2)21-26-12-18(29-30-21)17-9-8-15(11-19(17)32)22-27-13-31(4)23(33)28-22/h8-9,11-13,16,20,32H,2,5-7,10H2,1,3-4H3/t16-,20+,24-/m0/s1. The Morgan fingerprint density at radius 1 is 1.33 bits per heavy atom. The largest absolute Gasteiger partial charge is 0.507 e. The smallest absolute Gasteiger partial charge is 0.350 e. The predicted molar refractivity (Wildman–Crippen MR) is 123 cm³/mol. The topological polar surface area (TPSA) is 107 Å². The van der Waals surface area contributed by atoms with Crippen molar-refractivity contribution < 1.29 is 9.50 Å². The van der Waals surface area contributed by atoms with Crippen LogP contribution >= 0.6 is 0 Å². The number of benzene rings is 1. The van der Waals surface area contributed by atoms with Gasteiger partial charge in [0.25, 0.3) is 0 Å². The highest BCUT2D eigenvalue weighted by Crippen LogP contribution is 2.47. The molecule has 0 aliphatic heterocycles. The summed E-state index contributed by atoms with van der Waals surface area (Å²) in [7, 11) is 1.56. The van der Waals surface area contributed by atoms with Gasteiger partial charge in [-0.05, 0) is 42.4 Å². The van der Waals surface area contributed by atoms with E-state index in [0.717, 1.165) is 19.3 Å². The van der Waals surface area contributed by atoms with Crippen LogP contribution in [0.15, 0.2) is 42.1 Å². The summed E-state index contributed by atoms with van der Waals surface area (Å²) < 4.78 is 16.5. The van der Waals surface area contributed by atoms with Gasteiger partial charge in [-0.15, -0.1) is 10.2 Å². The highest BCUT2D eigenvalue weighted by Gasteiger charge is 2.43. The van der Waals surface area contributed by atoms with Gasteiger partial charge in [-0.3, -0.25) is 4.57 Å². The van der Waals surface area contributed by atoms with Gasteiger partial charge in [0, 0.05) is 24.1 Å². The van der Waals surface area contributed by atoms with Gasteiger partial charge in [-0.1, -0.05) is 32.9 Å². The molecule has 1 aromatic carbocycles. The normalized spacial score (nSPS) is 22.8. The number of nitrogens with zero attached hydrogens (tertiary/aromatic N) is 6. The van der Waals surface area contributed by atoms with Gasteiger partial charge in [0.2, 0.25) is 0 Å². The molecule has 0 saturated heterocycles. The van der Waals surface area contributed by atoms with E-state index in [1.165, 1.54) is 23.2 Å². The van der Waals surface area contributed by atoms with Crippen LogP contribution in [-0.4, -0.2) is 41.0 Å². The van der Waals surface area contributed by atoms with Crippen molar-refractivity contribution in [3.8, 4) is 28.4 Å². The van der Waals surface area contributed by atoms with E-state index in [9.17, 15) is 9.90 Å². The van der Waals surface area contributed by atoms with Gasteiger partial charge in [-0.2, -0.15) is 4.98 Å². The van der Waals surface area contributed by atoms with Gasteiger partial charge in [0.05, 0.1) is 6.20 Å². The Morgan fingerprint density at radius 3 is 2.76 bits per heavy atom. The summed E-state index contributed by atoms with van der Waals surface area (Å²) in [5, 5.41) is 18.9. The first-order valence-corrected chi connectivity index (χ1v) is 11.0. The molecule has 0 amide bonds. The molecule has 1 aliphatic rings. The maximum atomic E-state index is 15.3. The van der Waals surface area contributed by atoms with E-state index < -0.39 is 11.9 Å².